The molecule has 1 aliphatic heterocycles. The van der Waals surface area contributed by atoms with Crippen LogP contribution in [0.15, 0.2) is 42.5 Å². The van der Waals surface area contributed by atoms with Gasteiger partial charge in [-0.1, -0.05) is 42.0 Å². The molecule has 2 fully saturated rings. The van der Waals surface area contributed by atoms with Crippen LogP contribution in [0.3, 0.4) is 0 Å². The lowest BCUT2D eigenvalue weighted by Crippen LogP contribution is -2.45. The van der Waals surface area contributed by atoms with Gasteiger partial charge in [-0.2, -0.15) is 17.5 Å². The summed E-state index contributed by atoms with van der Waals surface area (Å²) in [6.07, 6.45) is 2.77. The maximum Gasteiger partial charge on any atom is 0.511 e. The Hall–Kier alpha value is -2.21. The minimum Gasteiger partial charge on any atom is -0.393 e. The molecule has 6 nitrogen and oxygen atoms in total. The van der Waals surface area contributed by atoms with Crippen LogP contribution in [-0.4, -0.2) is 45.9 Å². The number of aromatic nitrogens is 2. The van der Waals surface area contributed by atoms with Gasteiger partial charge >= 0.3 is 15.5 Å². The number of thiocarbonyl (C=S) groups is 1. The molecule has 2 aromatic carbocycles. The number of nitrogens with zero attached hydrogens (tertiary/aromatic N) is 3. The lowest BCUT2D eigenvalue weighted by Gasteiger charge is -2.32. The van der Waals surface area contributed by atoms with Crippen molar-refractivity contribution in [1.29, 1.82) is 0 Å². The van der Waals surface area contributed by atoms with Crippen molar-refractivity contribution in [2.75, 3.05) is 13.1 Å². The number of fused-ring (bicyclic) bond motifs is 1. The molecule has 3 aromatic rings. The third-order valence-corrected chi connectivity index (χ3v) is 9.33. The molecule has 12 heteroatoms. The summed E-state index contributed by atoms with van der Waals surface area (Å²) in [4.78, 5) is 5.21. The van der Waals surface area contributed by atoms with Crippen molar-refractivity contribution in [3.05, 3.63) is 64.4 Å². The molecule has 1 aromatic heterocycles. The average molecular weight is 571 g/mol. The van der Waals surface area contributed by atoms with Crippen LogP contribution in [-0.2, 0) is 16.6 Å². The molecule has 0 amide bonds. The first-order valence-corrected chi connectivity index (χ1v) is 14.3. The van der Waals surface area contributed by atoms with Crippen LogP contribution in [0.4, 0.5) is 13.2 Å². The zero-order chi connectivity index (χ0) is 26.5. The van der Waals surface area contributed by atoms with Crippen molar-refractivity contribution in [2.24, 2.45) is 11.7 Å². The van der Waals surface area contributed by atoms with Gasteiger partial charge < -0.3 is 10.3 Å². The molecule has 1 atom stereocenters. The molecule has 0 bridgehead atoms. The van der Waals surface area contributed by atoms with Crippen LogP contribution in [0.25, 0.3) is 11.0 Å². The average Bonchev–Trinajstić information content (AvgIpc) is 3.63. The lowest BCUT2D eigenvalue weighted by molar-refractivity contribution is -0.0497. The zero-order valence-corrected chi connectivity index (χ0v) is 22.2. The number of hydrogen-bond acceptors (Lipinski definition) is 4. The summed E-state index contributed by atoms with van der Waals surface area (Å²) in [7, 11) is -5.30. The summed E-state index contributed by atoms with van der Waals surface area (Å²) in [6, 6.07) is 13.3. The molecule has 0 radical (unpaired) electrons. The van der Waals surface area contributed by atoms with Gasteiger partial charge in [0.15, 0.2) is 0 Å². The molecular weight excluding hydrogens is 545 g/mol. The number of nitrogens with two attached hydrogens (primary N) is 1. The molecule has 1 saturated carbocycles. The molecule has 198 valence electrons. The summed E-state index contributed by atoms with van der Waals surface area (Å²) in [5, 5.41) is 0.613. The third kappa shape index (κ3) is 5.23. The summed E-state index contributed by atoms with van der Waals surface area (Å²) < 4.78 is 65.3. The molecule has 2 N–H and O–H groups in total. The van der Waals surface area contributed by atoms with E-state index in [9.17, 15) is 21.6 Å². The fourth-order valence-electron chi connectivity index (χ4n) is 5.10. The van der Waals surface area contributed by atoms with E-state index >= 15 is 0 Å². The molecular formula is C25H26ClF3N4O2S2. The van der Waals surface area contributed by atoms with E-state index in [1.807, 2.05) is 30.3 Å². The Kier molecular flexibility index (Phi) is 7.01. The van der Waals surface area contributed by atoms with Crippen LogP contribution in [0.2, 0.25) is 5.02 Å². The second-order valence-corrected chi connectivity index (χ2v) is 12.6. The molecule has 37 heavy (non-hydrogen) atoms. The fraction of sp³-hybridized carbons (Fsp3) is 0.440. The monoisotopic (exact) mass is 570 g/mol. The first-order chi connectivity index (χ1) is 17.5. The molecule has 2 heterocycles. The van der Waals surface area contributed by atoms with Crippen LogP contribution in [0.1, 0.15) is 54.5 Å². The van der Waals surface area contributed by atoms with Gasteiger partial charge in [0.25, 0.3) is 0 Å². The highest BCUT2D eigenvalue weighted by Gasteiger charge is 2.50. The normalized spacial score (nSPS) is 18.8. The summed E-state index contributed by atoms with van der Waals surface area (Å²) >= 11 is 11.5. The highest BCUT2D eigenvalue weighted by atomic mass is 35.5. The second kappa shape index (κ2) is 9.83. The Bertz CT molecular complexity index is 1430. The van der Waals surface area contributed by atoms with Crippen molar-refractivity contribution >= 4 is 49.9 Å². The van der Waals surface area contributed by atoms with Gasteiger partial charge in [0.2, 0.25) is 0 Å². The predicted octanol–water partition coefficient (Wildman–Crippen LogP) is 5.55. The van der Waals surface area contributed by atoms with Crippen molar-refractivity contribution in [1.82, 2.24) is 13.9 Å². The molecule has 1 saturated heterocycles. The van der Waals surface area contributed by atoms with E-state index < -0.39 is 15.5 Å². The van der Waals surface area contributed by atoms with Gasteiger partial charge in [-0.25, -0.2) is 13.4 Å². The van der Waals surface area contributed by atoms with Gasteiger partial charge in [0, 0.05) is 30.6 Å². The van der Waals surface area contributed by atoms with Gasteiger partial charge in [0.1, 0.15) is 5.82 Å². The standard InChI is InChI=1S/C25H26ClF3N4O2S2/c26-19-6-3-16(4-7-19)22(23(30)36)18-5-8-20-21(13-18)33(24(31-20)17-1-2-17)14-15-9-11-32(12-10-15)37(34,35)25(27,28)29/h3-8,13,15,17,22H,1-2,9-12,14H2,(H2,30,36). The largest absolute Gasteiger partial charge is 0.511 e. The Morgan fingerprint density at radius 3 is 2.27 bits per heavy atom. The summed E-state index contributed by atoms with van der Waals surface area (Å²) in [5.74, 6) is 1.03. The van der Waals surface area contributed by atoms with Crippen molar-refractivity contribution in [3.63, 3.8) is 0 Å². The number of hydrogen-bond donors (Lipinski definition) is 1. The van der Waals surface area contributed by atoms with Crippen molar-refractivity contribution in [2.45, 2.75) is 49.6 Å². The predicted molar refractivity (Wildman–Crippen MR) is 141 cm³/mol. The number of piperidine rings is 1. The Morgan fingerprint density at radius 2 is 1.70 bits per heavy atom. The highest BCUT2D eigenvalue weighted by molar-refractivity contribution is 7.90. The van der Waals surface area contributed by atoms with E-state index in [4.69, 9.17) is 34.5 Å². The minimum absolute atomic E-state index is 0.0286. The fourth-order valence-corrected chi connectivity index (χ4v) is 6.48. The summed E-state index contributed by atoms with van der Waals surface area (Å²) in [5.41, 5.74) is 4.46. The molecule has 1 unspecified atom stereocenters. The van der Waals surface area contributed by atoms with Gasteiger partial charge in [-0.15, -0.1) is 0 Å². The SMILES string of the molecule is NC(=S)C(c1ccc(Cl)cc1)c1ccc2nc(C3CC3)n(CC3CCN(S(=O)(=O)C(F)(F)F)CC3)c2c1. The van der Waals surface area contributed by atoms with Crippen molar-refractivity contribution in [3.8, 4) is 0 Å². The number of halogens is 4. The van der Waals surface area contributed by atoms with Crippen LogP contribution in [0.5, 0.6) is 0 Å². The number of imidazole rings is 1. The van der Waals surface area contributed by atoms with E-state index in [-0.39, 0.29) is 24.9 Å². The number of alkyl halides is 3. The number of benzene rings is 2. The first kappa shape index (κ1) is 26.4. The minimum atomic E-state index is -5.30. The van der Waals surface area contributed by atoms with E-state index in [1.54, 1.807) is 12.1 Å². The van der Waals surface area contributed by atoms with Gasteiger partial charge in [0.05, 0.1) is 21.9 Å². The molecule has 2 aliphatic rings. The molecule has 0 spiro atoms. The van der Waals surface area contributed by atoms with E-state index in [0.29, 0.717) is 39.6 Å². The van der Waals surface area contributed by atoms with Gasteiger partial charge in [-0.05, 0) is 67.0 Å². The second-order valence-electron chi connectivity index (χ2n) is 9.78. The first-order valence-electron chi connectivity index (χ1n) is 12.1. The van der Waals surface area contributed by atoms with E-state index in [0.717, 1.165) is 40.8 Å². The van der Waals surface area contributed by atoms with Crippen LogP contribution >= 0.6 is 23.8 Å². The Labute approximate surface area is 223 Å². The molecule has 1 aliphatic carbocycles. The molecule has 5 rings (SSSR count). The smallest absolute Gasteiger partial charge is 0.393 e. The van der Waals surface area contributed by atoms with E-state index in [2.05, 4.69) is 4.57 Å². The maximum atomic E-state index is 13.0. The zero-order valence-electron chi connectivity index (χ0n) is 19.8. The topological polar surface area (TPSA) is 81.2 Å². The summed E-state index contributed by atoms with van der Waals surface area (Å²) in [6.45, 7) is 0.261. The quantitative estimate of drug-likeness (QED) is 0.377. The Balaban J connectivity index is 1.44. The maximum absolute atomic E-state index is 13.0. The number of rotatable bonds is 7. The van der Waals surface area contributed by atoms with Crippen molar-refractivity contribution < 1.29 is 21.6 Å². The van der Waals surface area contributed by atoms with Gasteiger partial charge in [-0.3, -0.25) is 0 Å². The number of sulfonamides is 1. The Morgan fingerprint density at radius 1 is 1.08 bits per heavy atom. The van der Waals surface area contributed by atoms with Crippen LogP contribution in [0, 0.1) is 5.92 Å². The van der Waals surface area contributed by atoms with E-state index in [1.165, 1.54) is 0 Å². The van der Waals surface area contributed by atoms with Crippen LogP contribution < -0.4 is 5.73 Å². The highest BCUT2D eigenvalue weighted by Crippen LogP contribution is 2.42. The third-order valence-electron chi connectivity index (χ3n) is 7.21. The lowest BCUT2D eigenvalue weighted by atomic mass is 9.91.